The van der Waals surface area contributed by atoms with Gasteiger partial charge in [-0.25, -0.2) is 8.78 Å². The first kappa shape index (κ1) is 49.6. The molecule has 6 aromatic carbocycles. The quantitative estimate of drug-likeness (QED) is 0.0295. The molecule has 8 aromatic rings. The molecule has 2 heterocycles. The average Bonchev–Trinajstić information content (AvgIpc) is 0.779. The second kappa shape index (κ2) is 32.9. The van der Waals surface area contributed by atoms with Crippen LogP contribution in [-0.2, 0) is 85.2 Å². The van der Waals surface area contributed by atoms with Crippen LogP contribution < -0.4 is 11.1 Å². The van der Waals surface area contributed by atoms with Gasteiger partial charge in [0.2, 0.25) is 11.8 Å². The van der Waals surface area contributed by atoms with E-state index in [0.717, 1.165) is 55.5 Å². The smallest absolute Gasteiger partial charge is 0.336 e. The van der Waals surface area contributed by atoms with Gasteiger partial charge in [-0.1, -0.05) is 136 Å². The number of aromatic nitrogens is 4. The lowest BCUT2D eigenvalue weighted by Gasteiger charge is -2.28. The highest BCUT2D eigenvalue weighted by molar-refractivity contribution is 7.98. The van der Waals surface area contributed by atoms with E-state index in [0.29, 0.717) is 110 Å². The monoisotopic (exact) mass is 1380 g/mol. The summed E-state index contributed by atoms with van der Waals surface area (Å²) in [5.41, 5.74) is -5.34. The lowest BCUT2D eigenvalue weighted by molar-refractivity contribution is -0.138. The minimum absolute atomic E-state index is 0.0189. The lowest BCUT2D eigenvalue weighted by Crippen LogP contribution is -2.40. The Kier molecular flexibility index (Phi) is 17.0. The predicted molar refractivity (Wildman–Crippen MR) is 363 cm³/mol. The molecule has 2 aromatic heterocycles. The SMILES string of the molecule is [2H]c1c([2H])c(-c2ccc(C(F)(F)F)cc2)c(C)c([2H])c1CN(CCN(CC)CC)C(=O)Cn1c(SC([2H])([2H])c2ccc(F)cc2)nc(=O)c2c1CCC2.[2H]c1c([2H])c(C([2H])([2H])N(C(=O)C([2H])([2H])n2c(SCc3ccc(F)cc3)nc(=O)c3c2CCC3)C([2H])([2H])C([2H])([2H])N(C([2H])([2H])C)C([2H])([2H])C)c([2H])c(C)c1-c1ccc(C(F)(F)F)cc1. The normalized spacial score (nSPS) is 16.9. The number of likely N-dealkylation sites (N-methyl/N-ethyl adjacent to an activating group) is 2. The number of amides is 2. The van der Waals surface area contributed by atoms with Gasteiger partial charge < -0.3 is 28.7 Å². The number of thioether (sulfide) groups is 2. The Morgan fingerprint density at radius 2 is 1.05 bits per heavy atom. The molecule has 12 nitrogen and oxygen atoms in total. The molecular weight excluding hydrogens is 1280 g/mol. The highest BCUT2D eigenvalue weighted by atomic mass is 32.2. The molecule has 0 aliphatic heterocycles. The molecule has 22 heteroatoms. The van der Waals surface area contributed by atoms with Gasteiger partial charge in [-0.15, -0.1) is 0 Å². The third-order valence-electron chi connectivity index (χ3n) is 15.7. The number of fused-ring (bicyclic) bond motifs is 2. The summed E-state index contributed by atoms with van der Waals surface area (Å²) in [5.74, 6) is -3.97. The lowest BCUT2D eigenvalue weighted by atomic mass is 9.97. The number of rotatable bonds is 26. The van der Waals surface area contributed by atoms with Crippen molar-refractivity contribution < 1.29 is 72.1 Å². The van der Waals surface area contributed by atoms with Crippen molar-refractivity contribution in [2.45, 2.75) is 140 Å². The van der Waals surface area contributed by atoms with Gasteiger partial charge >= 0.3 is 12.4 Å². The summed E-state index contributed by atoms with van der Waals surface area (Å²) < 4.78 is 288. The number of alkyl halides is 6. The predicted octanol–water partition coefficient (Wildman–Crippen LogP) is 15.1. The molecule has 0 bridgehead atoms. The summed E-state index contributed by atoms with van der Waals surface area (Å²) in [6, 6.07) is 13.3. The molecule has 10 rings (SSSR count). The van der Waals surface area contributed by atoms with Gasteiger partial charge in [0.25, 0.3) is 11.1 Å². The first-order valence-corrected chi connectivity index (χ1v) is 32.2. The summed E-state index contributed by atoms with van der Waals surface area (Å²) in [6.07, 6.45) is -7.52. The van der Waals surface area contributed by atoms with Crippen LogP contribution in [0.25, 0.3) is 22.3 Å². The average molecular weight is 1380 g/mol. The standard InChI is InChI=1S/2C37H40F4N4O2S/c2*1-4-43(5-2)19-20-44(22-27-11-18-31(25(3)21-27)28-12-14-29(15-13-28)37(39,40)41)34(46)23-45-33-8-6-7-32(33)35(47)42-36(45)48-24-26-9-16-30(38)17-10-26/h2*9-18,21H,4-8,19-20,22-24H2,1-3H3/i4D2,5D2,11D,18D,19D2,20D2,21D,22D2,23D2;11D,18D,21D,24D2. The highest BCUT2D eigenvalue weighted by Gasteiger charge is 2.32. The zero-order valence-corrected chi connectivity index (χ0v) is 54.6. The van der Waals surface area contributed by atoms with E-state index < -0.39 is 136 Å². The molecule has 0 fully saturated rings. The molecule has 0 saturated carbocycles. The van der Waals surface area contributed by atoms with Crippen LogP contribution in [0.3, 0.4) is 0 Å². The molecule has 0 saturated heterocycles. The number of hydrogen-bond acceptors (Lipinski definition) is 10. The topological polar surface area (TPSA) is 117 Å². The minimum Gasteiger partial charge on any atom is -0.336 e. The van der Waals surface area contributed by atoms with E-state index in [1.165, 1.54) is 41.3 Å². The zero-order valence-electron chi connectivity index (χ0n) is 73.0. The van der Waals surface area contributed by atoms with Crippen molar-refractivity contribution in [3.8, 4) is 22.3 Å². The Balaban J connectivity index is 0.000000269. The number of benzene rings is 6. The molecule has 2 aliphatic carbocycles. The van der Waals surface area contributed by atoms with E-state index in [9.17, 15) is 57.7 Å². The van der Waals surface area contributed by atoms with Gasteiger partial charge in [0.1, 0.15) is 24.7 Å². The van der Waals surface area contributed by atoms with Gasteiger partial charge in [0.05, 0.1) is 27.6 Å². The fraction of sp³-hybridized carbons (Fsp3) is 0.378. The van der Waals surface area contributed by atoms with Gasteiger partial charge in [-0.05, 0) is 183 Å². The first-order valence-electron chi connectivity index (χ1n) is 40.4. The van der Waals surface area contributed by atoms with Crippen LogP contribution in [0.15, 0.2) is 153 Å². The van der Waals surface area contributed by atoms with Crippen molar-refractivity contribution in [2.24, 2.45) is 0 Å². The third kappa shape index (κ3) is 18.8. The summed E-state index contributed by atoms with van der Waals surface area (Å²) in [6.45, 7) is -13.3. The minimum atomic E-state index is -4.76. The molecule has 96 heavy (non-hydrogen) atoms. The summed E-state index contributed by atoms with van der Waals surface area (Å²) >= 11 is 1.33. The molecule has 0 N–H and O–H groups in total. The van der Waals surface area contributed by atoms with E-state index in [1.807, 2.05) is 13.8 Å². The van der Waals surface area contributed by atoms with E-state index in [4.69, 9.17) is 19.2 Å². The summed E-state index contributed by atoms with van der Waals surface area (Å²) in [5, 5.41) is -0.522. The zero-order chi connectivity index (χ0) is 86.6. The first-order chi connectivity index (χ1) is 53.6. The number of halogens is 8. The molecule has 0 atom stereocenters. The maximum Gasteiger partial charge on any atom is 0.416 e. The van der Waals surface area contributed by atoms with Crippen LogP contribution >= 0.6 is 23.5 Å². The van der Waals surface area contributed by atoms with Crippen LogP contribution in [0.2, 0.25) is 0 Å². The van der Waals surface area contributed by atoms with Crippen LogP contribution in [0.4, 0.5) is 35.1 Å². The third-order valence-corrected chi connectivity index (χ3v) is 17.5. The Hall–Kier alpha value is -7.92. The van der Waals surface area contributed by atoms with Crippen molar-refractivity contribution in [3.05, 3.63) is 233 Å². The number of carbonyl (C=O) groups excluding carboxylic acids is 2. The highest BCUT2D eigenvalue weighted by Crippen LogP contribution is 2.35. The van der Waals surface area contributed by atoms with Gasteiger partial charge in [-0.2, -0.15) is 36.3 Å². The van der Waals surface area contributed by atoms with Crippen molar-refractivity contribution >= 4 is 35.3 Å². The Morgan fingerprint density at radius 3 is 1.56 bits per heavy atom. The molecule has 508 valence electrons. The summed E-state index contributed by atoms with van der Waals surface area (Å²) in [7, 11) is 0. The number of carbonyl (C=O) groups is 2. The fourth-order valence-corrected chi connectivity index (χ4v) is 12.2. The van der Waals surface area contributed by atoms with E-state index >= 15 is 4.79 Å². The van der Waals surface area contributed by atoms with Crippen molar-refractivity contribution in [1.82, 2.24) is 38.7 Å². The molecule has 0 unspecified atom stereocenters. The van der Waals surface area contributed by atoms with E-state index in [1.54, 1.807) is 11.5 Å². The van der Waals surface area contributed by atoms with Crippen LogP contribution in [0.5, 0.6) is 0 Å². The molecular formula is C74H80F8N8O4S2. The van der Waals surface area contributed by atoms with Crippen LogP contribution in [-0.4, -0.2) is 103 Å². The van der Waals surface area contributed by atoms with Crippen LogP contribution in [0.1, 0.15) is 135 Å². The van der Waals surface area contributed by atoms with E-state index in [2.05, 4.69) is 14.9 Å². The van der Waals surface area contributed by atoms with Crippen molar-refractivity contribution in [1.29, 1.82) is 0 Å². The maximum atomic E-state index is 15.2. The van der Waals surface area contributed by atoms with Gasteiger partial charge in [0.15, 0.2) is 10.3 Å². The maximum absolute atomic E-state index is 15.2. The second-order valence-corrected chi connectivity index (χ2v) is 23.7. The van der Waals surface area contributed by atoms with Crippen molar-refractivity contribution in [2.75, 3.05) is 52.2 Å². The second-order valence-electron chi connectivity index (χ2n) is 22.0. The van der Waals surface area contributed by atoms with Gasteiger partial charge in [-0.3, -0.25) is 19.2 Å². The molecule has 0 radical (unpaired) electrons. The summed E-state index contributed by atoms with van der Waals surface area (Å²) in [4.78, 5) is 66.7. The number of hydrogen-bond donors (Lipinski definition) is 0. The Labute approximate surface area is 591 Å². The fourth-order valence-electron chi connectivity index (χ4n) is 10.6. The van der Waals surface area contributed by atoms with E-state index in [-0.39, 0.29) is 129 Å². The van der Waals surface area contributed by atoms with Gasteiger partial charge in [0, 0.05) is 84.1 Å². The Morgan fingerprint density at radius 1 is 0.562 bits per heavy atom. The number of nitrogens with zero attached hydrogens (tertiary/aromatic N) is 8. The van der Waals surface area contributed by atoms with Crippen molar-refractivity contribution in [3.63, 3.8) is 0 Å². The molecule has 2 aliphatic rings. The molecule has 0 spiro atoms. The largest absolute Gasteiger partial charge is 0.416 e. The van der Waals surface area contributed by atoms with Crippen LogP contribution in [0, 0.1) is 25.5 Å². The molecule has 2 amide bonds. The Bertz CT molecular complexity index is 5080.